The van der Waals surface area contributed by atoms with Crippen molar-refractivity contribution in [3.63, 3.8) is 0 Å². The molecule has 1 saturated carbocycles. The molecule has 0 heterocycles. The molecule has 2 unspecified atom stereocenters. The quantitative estimate of drug-likeness (QED) is 0.739. The number of hydrogen-bond donors (Lipinski definition) is 1. The molecular weight excluding hydrogens is 260 g/mol. The van der Waals surface area contributed by atoms with Crippen molar-refractivity contribution in [3.05, 3.63) is 28.0 Å². The van der Waals surface area contributed by atoms with Gasteiger partial charge in [-0.05, 0) is 30.9 Å². The van der Waals surface area contributed by atoms with E-state index < -0.39 is 5.82 Å². The molecule has 0 amide bonds. The summed E-state index contributed by atoms with van der Waals surface area (Å²) in [4.78, 5) is 0. The van der Waals surface area contributed by atoms with E-state index >= 15 is 0 Å². The van der Waals surface area contributed by atoms with Gasteiger partial charge >= 0.3 is 0 Å². The molecule has 2 atom stereocenters. The SMILES string of the molecule is CC1CCCC(Nc2cc(Cl)c(F)c(Cl)c2)C1. The summed E-state index contributed by atoms with van der Waals surface area (Å²) >= 11 is 11.5. The second kappa shape index (κ2) is 5.45. The van der Waals surface area contributed by atoms with Gasteiger partial charge in [-0.3, -0.25) is 0 Å². The van der Waals surface area contributed by atoms with Crippen molar-refractivity contribution in [2.45, 2.75) is 38.6 Å². The summed E-state index contributed by atoms with van der Waals surface area (Å²) in [5, 5.41) is 3.53. The number of hydrogen-bond acceptors (Lipinski definition) is 1. The number of rotatable bonds is 2. The van der Waals surface area contributed by atoms with Crippen LogP contribution in [0.5, 0.6) is 0 Å². The van der Waals surface area contributed by atoms with E-state index in [1.54, 1.807) is 12.1 Å². The third-order valence-corrected chi connectivity index (χ3v) is 3.84. The van der Waals surface area contributed by atoms with Crippen molar-refractivity contribution in [2.24, 2.45) is 5.92 Å². The third-order valence-electron chi connectivity index (χ3n) is 3.29. The van der Waals surface area contributed by atoms with Crippen LogP contribution in [0.4, 0.5) is 10.1 Å². The Morgan fingerprint density at radius 1 is 1.24 bits per heavy atom. The van der Waals surface area contributed by atoms with Crippen LogP contribution in [0.1, 0.15) is 32.6 Å². The van der Waals surface area contributed by atoms with Crippen molar-refractivity contribution in [3.8, 4) is 0 Å². The van der Waals surface area contributed by atoms with Crippen molar-refractivity contribution >= 4 is 28.9 Å². The van der Waals surface area contributed by atoms with Crippen molar-refractivity contribution < 1.29 is 4.39 Å². The minimum absolute atomic E-state index is 0.0730. The summed E-state index contributed by atoms with van der Waals surface area (Å²) in [5.41, 5.74) is 0.806. The molecule has 1 aromatic carbocycles. The summed E-state index contributed by atoms with van der Waals surface area (Å²) in [7, 11) is 0. The molecule has 1 fully saturated rings. The van der Waals surface area contributed by atoms with Gasteiger partial charge in [0.15, 0.2) is 5.82 Å². The van der Waals surface area contributed by atoms with E-state index in [1.165, 1.54) is 12.8 Å². The van der Waals surface area contributed by atoms with Crippen LogP contribution >= 0.6 is 23.2 Å². The Hall–Kier alpha value is -0.470. The third kappa shape index (κ3) is 3.26. The summed E-state index contributed by atoms with van der Waals surface area (Å²) in [5.74, 6) is 0.198. The standard InChI is InChI=1S/C13H16Cl2FN/c1-8-3-2-4-9(5-8)17-10-6-11(14)13(16)12(15)7-10/h6-9,17H,2-5H2,1H3. The molecule has 2 rings (SSSR count). The van der Waals surface area contributed by atoms with Gasteiger partial charge in [-0.15, -0.1) is 0 Å². The summed E-state index contributed by atoms with van der Waals surface area (Å²) in [6, 6.07) is 3.64. The van der Waals surface area contributed by atoms with Gasteiger partial charge < -0.3 is 5.32 Å². The van der Waals surface area contributed by atoms with Crippen molar-refractivity contribution in [1.82, 2.24) is 0 Å². The largest absolute Gasteiger partial charge is 0.382 e. The van der Waals surface area contributed by atoms with Crippen LogP contribution in [0.25, 0.3) is 0 Å². The maximum atomic E-state index is 13.3. The first kappa shape index (κ1) is 13.0. The molecule has 0 spiro atoms. The Bertz CT molecular complexity index is 385. The number of benzene rings is 1. The zero-order valence-electron chi connectivity index (χ0n) is 9.77. The van der Waals surface area contributed by atoms with Crippen LogP contribution in [0, 0.1) is 11.7 Å². The predicted octanol–water partition coefficient (Wildman–Crippen LogP) is 5.12. The second-order valence-corrected chi connectivity index (χ2v) is 5.68. The Morgan fingerprint density at radius 2 is 1.88 bits per heavy atom. The smallest absolute Gasteiger partial charge is 0.160 e. The minimum Gasteiger partial charge on any atom is -0.382 e. The average molecular weight is 276 g/mol. The van der Waals surface area contributed by atoms with Gasteiger partial charge in [-0.25, -0.2) is 4.39 Å². The summed E-state index contributed by atoms with van der Waals surface area (Å²) < 4.78 is 13.3. The van der Waals surface area contributed by atoms with Gasteiger partial charge in [0.05, 0.1) is 10.0 Å². The molecule has 0 saturated heterocycles. The van der Waals surface area contributed by atoms with Crippen molar-refractivity contribution in [1.29, 1.82) is 0 Å². The summed E-state index contributed by atoms with van der Waals surface area (Å²) in [6.07, 6.45) is 4.83. The molecule has 1 aliphatic carbocycles. The van der Waals surface area contributed by atoms with Crippen molar-refractivity contribution in [2.75, 3.05) is 5.32 Å². The molecule has 1 N–H and O–H groups in total. The fraction of sp³-hybridized carbons (Fsp3) is 0.538. The molecule has 0 bridgehead atoms. The van der Waals surface area contributed by atoms with Gasteiger partial charge in [-0.2, -0.15) is 0 Å². The van der Waals surface area contributed by atoms with Gasteiger partial charge in [-0.1, -0.05) is 43.0 Å². The van der Waals surface area contributed by atoms with E-state index in [4.69, 9.17) is 23.2 Å². The highest BCUT2D eigenvalue weighted by atomic mass is 35.5. The molecule has 0 aromatic heterocycles. The van der Waals surface area contributed by atoms with Crippen LogP contribution in [-0.2, 0) is 0 Å². The Kier molecular flexibility index (Phi) is 4.16. The Balaban J connectivity index is 2.08. The molecule has 94 valence electrons. The van der Waals surface area contributed by atoms with E-state index in [0.717, 1.165) is 24.4 Å². The molecule has 1 aliphatic rings. The lowest BCUT2D eigenvalue weighted by Gasteiger charge is -2.28. The van der Waals surface area contributed by atoms with Gasteiger partial charge in [0.25, 0.3) is 0 Å². The second-order valence-electron chi connectivity index (χ2n) is 4.87. The molecule has 17 heavy (non-hydrogen) atoms. The first-order chi connectivity index (χ1) is 8.06. The molecule has 4 heteroatoms. The molecule has 1 nitrogen and oxygen atoms in total. The van der Waals surface area contributed by atoms with Crippen LogP contribution in [0.3, 0.4) is 0 Å². The average Bonchev–Trinajstić information content (AvgIpc) is 2.26. The topological polar surface area (TPSA) is 12.0 Å². The van der Waals surface area contributed by atoms with E-state index in [0.29, 0.717) is 6.04 Å². The Morgan fingerprint density at radius 3 is 2.47 bits per heavy atom. The number of nitrogens with one attached hydrogen (secondary N) is 1. The highest BCUT2D eigenvalue weighted by Crippen LogP contribution is 2.30. The van der Waals surface area contributed by atoms with E-state index in [-0.39, 0.29) is 10.0 Å². The Labute approximate surface area is 111 Å². The van der Waals surface area contributed by atoms with E-state index in [1.807, 2.05) is 0 Å². The van der Waals surface area contributed by atoms with E-state index in [9.17, 15) is 4.39 Å². The van der Waals surface area contributed by atoms with Gasteiger partial charge in [0.2, 0.25) is 0 Å². The first-order valence-electron chi connectivity index (χ1n) is 5.97. The highest BCUT2D eigenvalue weighted by Gasteiger charge is 2.19. The van der Waals surface area contributed by atoms with Gasteiger partial charge in [0, 0.05) is 11.7 Å². The van der Waals surface area contributed by atoms with Crippen LogP contribution in [0.2, 0.25) is 10.0 Å². The minimum atomic E-state index is -0.545. The predicted molar refractivity (Wildman–Crippen MR) is 71.5 cm³/mol. The number of anilines is 1. The lowest BCUT2D eigenvalue weighted by Crippen LogP contribution is -2.26. The summed E-state index contributed by atoms with van der Waals surface area (Å²) in [6.45, 7) is 2.26. The lowest BCUT2D eigenvalue weighted by atomic mass is 9.87. The normalized spacial score (nSPS) is 24.7. The maximum Gasteiger partial charge on any atom is 0.160 e. The van der Waals surface area contributed by atoms with Crippen LogP contribution < -0.4 is 5.32 Å². The number of halogens is 3. The maximum absolute atomic E-state index is 13.3. The highest BCUT2D eigenvalue weighted by molar-refractivity contribution is 6.35. The van der Waals surface area contributed by atoms with Gasteiger partial charge in [0.1, 0.15) is 0 Å². The van der Waals surface area contributed by atoms with E-state index in [2.05, 4.69) is 12.2 Å². The molecule has 1 aromatic rings. The fourth-order valence-electron chi connectivity index (χ4n) is 2.44. The first-order valence-corrected chi connectivity index (χ1v) is 6.73. The molecular formula is C13H16Cl2FN. The monoisotopic (exact) mass is 275 g/mol. The zero-order chi connectivity index (χ0) is 12.4. The zero-order valence-corrected chi connectivity index (χ0v) is 11.3. The molecule has 0 radical (unpaired) electrons. The van der Waals surface area contributed by atoms with Crippen LogP contribution in [-0.4, -0.2) is 6.04 Å². The lowest BCUT2D eigenvalue weighted by molar-refractivity contribution is 0.358. The fourth-order valence-corrected chi connectivity index (χ4v) is 2.93. The molecule has 0 aliphatic heterocycles. The van der Waals surface area contributed by atoms with Crippen LogP contribution in [0.15, 0.2) is 12.1 Å².